The third-order valence-electron chi connectivity index (χ3n) is 14.5. The van der Waals surface area contributed by atoms with Crippen LogP contribution in [0.4, 0.5) is 22.7 Å². The highest BCUT2D eigenvalue weighted by atomic mass is 16.3. The van der Waals surface area contributed by atoms with E-state index in [-0.39, 0.29) is 17.3 Å². The molecule has 4 heteroatoms. The number of hydrogen-bond acceptors (Lipinski definition) is 4. The van der Waals surface area contributed by atoms with Gasteiger partial charge in [-0.1, -0.05) is 135 Å². The number of hydrogen-bond donors (Lipinski definition) is 0. The molecular formula is C54H43N3O. The zero-order valence-electron chi connectivity index (χ0n) is 33.3. The van der Waals surface area contributed by atoms with Crippen LogP contribution in [-0.4, -0.2) is 11.1 Å². The van der Waals surface area contributed by atoms with Crippen LogP contribution in [0.3, 0.4) is 0 Å². The number of fused-ring (bicyclic) bond motifs is 12. The highest BCUT2D eigenvalue weighted by Crippen LogP contribution is 2.64. The van der Waals surface area contributed by atoms with Gasteiger partial charge in [0.2, 0.25) is 0 Å². The first-order valence-electron chi connectivity index (χ1n) is 20.7. The monoisotopic (exact) mass is 749 g/mol. The molecule has 58 heavy (non-hydrogen) atoms. The summed E-state index contributed by atoms with van der Waals surface area (Å²) in [5, 5.41) is 12.2. The average Bonchev–Trinajstić information content (AvgIpc) is 3.90. The lowest BCUT2D eigenvalue weighted by Gasteiger charge is -2.44. The van der Waals surface area contributed by atoms with Crippen LogP contribution < -0.4 is 9.80 Å². The first-order chi connectivity index (χ1) is 28.2. The first kappa shape index (κ1) is 33.6. The minimum Gasteiger partial charge on any atom is -0.456 e. The molecule has 0 amide bonds. The molecule has 1 aromatic heterocycles. The van der Waals surface area contributed by atoms with Gasteiger partial charge < -0.3 is 14.2 Å². The molecule has 280 valence electrons. The van der Waals surface area contributed by atoms with Crippen molar-refractivity contribution in [1.29, 1.82) is 5.26 Å². The topological polar surface area (TPSA) is 43.4 Å². The SMILES string of the molecule is CC1(C)C2=CC3(C)C(C=C2C2=C1CCC=C2)c1ccccc1N3c1c(C#N)cccc1-c1ccccc1N1c2ccccc2C2c3c(oc4ccccc34)C=CC21C. The Balaban J connectivity index is 1.08. The predicted molar refractivity (Wildman–Crippen MR) is 236 cm³/mol. The fourth-order valence-electron chi connectivity index (χ4n) is 11.9. The standard InChI is InChI=1S/C54H43N3O/c1-52(2)41-23-10-5-17-34(41)40-30-42-37-19-7-12-25-45(37)57(54(42,4)31-43(40)52)51-33(32-55)16-15-22-36(51)35-18-6-11-24-44(35)56-46-26-13-8-20-38(46)50-49-39-21-9-14-27-47(39)58-48(49)28-29-53(50,56)3/h5-9,11-22,24-31,42,50H,10,23H2,1-4H3. The lowest BCUT2D eigenvalue weighted by molar-refractivity contribution is 0.492. The highest BCUT2D eigenvalue weighted by Gasteiger charge is 2.55. The number of anilines is 4. The van der Waals surface area contributed by atoms with Crippen LogP contribution in [0.1, 0.15) is 80.4 Å². The van der Waals surface area contributed by atoms with Gasteiger partial charge in [-0.25, -0.2) is 0 Å². The molecule has 0 saturated heterocycles. The van der Waals surface area contributed by atoms with Gasteiger partial charge in [-0.3, -0.25) is 0 Å². The molecule has 4 atom stereocenters. The molecule has 0 radical (unpaired) electrons. The fourth-order valence-corrected chi connectivity index (χ4v) is 11.9. The van der Waals surface area contributed by atoms with Crippen LogP contribution in [-0.2, 0) is 0 Å². The first-order valence-corrected chi connectivity index (χ1v) is 20.7. The van der Waals surface area contributed by atoms with Crippen molar-refractivity contribution in [3.8, 4) is 17.2 Å². The maximum absolute atomic E-state index is 11.1. The van der Waals surface area contributed by atoms with Crippen molar-refractivity contribution in [3.63, 3.8) is 0 Å². The van der Waals surface area contributed by atoms with E-state index in [0.29, 0.717) is 5.56 Å². The lowest BCUT2D eigenvalue weighted by atomic mass is 9.70. The normalized spacial score (nSPS) is 25.3. The molecule has 0 spiro atoms. The lowest BCUT2D eigenvalue weighted by Crippen LogP contribution is -2.44. The Bertz CT molecular complexity index is 3010. The van der Waals surface area contributed by atoms with E-state index in [1.807, 2.05) is 6.07 Å². The van der Waals surface area contributed by atoms with Crippen molar-refractivity contribution in [2.75, 3.05) is 9.80 Å². The van der Waals surface area contributed by atoms with E-state index >= 15 is 0 Å². The molecule has 0 N–H and O–H groups in total. The summed E-state index contributed by atoms with van der Waals surface area (Å²) in [6, 6.07) is 44.0. The van der Waals surface area contributed by atoms with Crippen molar-refractivity contribution < 1.29 is 4.42 Å². The van der Waals surface area contributed by atoms with E-state index in [4.69, 9.17) is 4.42 Å². The van der Waals surface area contributed by atoms with Crippen molar-refractivity contribution in [3.05, 3.63) is 196 Å². The van der Waals surface area contributed by atoms with Crippen molar-refractivity contribution >= 4 is 39.8 Å². The molecule has 4 aliphatic carbocycles. The van der Waals surface area contributed by atoms with Crippen LogP contribution in [0.25, 0.3) is 28.2 Å². The minimum atomic E-state index is -0.461. The third kappa shape index (κ3) is 4.14. The highest BCUT2D eigenvalue weighted by molar-refractivity contribution is 5.98. The second kappa shape index (κ2) is 11.5. The van der Waals surface area contributed by atoms with Gasteiger partial charge in [-0.2, -0.15) is 5.26 Å². The molecule has 0 fully saturated rings. The number of benzene rings is 5. The maximum atomic E-state index is 11.1. The summed E-state index contributed by atoms with van der Waals surface area (Å²) < 4.78 is 6.48. The smallest absolute Gasteiger partial charge is 0.135 e. The van der Waals surface area contributed by atoms with Crippen molar-refractivity contribution in [2.45, 2.75) is 63.5 Å². The second-order valence-electron chi connectivity index (χ2n) is 17.8. The summed E-state index contributed by atoms with van der Waals surface area (Å²) in [6.45, 7) is 9.58. The average molecular weight is 750 g/mol. The molecule has 4 unspecified atom stereocenters. The summed E-state index contributed by atoms with van der Waals surface area (Å²) in [6.07, 6.45) is 16.6. The van der Waals surface area contributed by atoms with Gasteiger partial charge >= 0.3 is 0 Å². The van der Waals surface area contributed by atoms with E-state index in [1.165, 1.54) is 44.5 Å². The van der Waals surface area contributed by atoms with E-state index in [9.17, 15) is 5.26 Å². The van der Waals surface area contributed by atoms with E-state index in [1.54, 1.807) is 5.57 Å². The summed E-state index contributed by atoms with van der Waals surface area (Å²) in [7, 11) is 0. The third-order valence-corrected chi connectivity index (χ3v) is 14.5. The zero-order valence-corrected chi connectivity index (χ0v) is 33.3. The molecule has 0 saturated carbocycles. The molecule has 12 rings (SSSR count). The number of para-hydroxylation sites is 5. The number of nitriles is 1. The molecule has 3 heterocycles. The number of rotatable bonds is 3. The van der Waals surface area contributed by atoms with Gasteiger partial charge in [0.05, 0.1) is 22.3 Å². The van der Waals surface area contributed by atoms with Crippen LogP contribution in [0.2, 0.25) is 0 Å². The van der Waals surface area contributed by atoms with Crippen molar-refractivity contribution in [2.24, 2.45) is 5.41 Å². The molecule has 4 nitrogen and oxygen atoms in total. The number of furan rings is 1. The van der Waals surface area contributed by atoms with Gasteiger partial charge in [0.25, 0.3) is 0 Å². The number of allylic oxidation sites excluding steroid dienone is 6. The Morgan fingerprint density at radius 3 is 2.24 bits per heavy atom. The fraction of sp³-hybridized carbons (Fsp3) is 0.204. The van der Waals surface area contributed by atoms with Gasteiger partial charge in [0, 0.05) is 56.4 Å². The quantitative estimate of drug-likeness (QED) is 0.181. The predicted octanol–water partition coefficient (Wildman–Crippen LogP) is 13.6. The Labute approximate surface area is 340 Å². The van der Waals surface area contributed by atoms with E-state index in [0.717, 1.165) is 52.4 Å². The largest absolute Gasteiger partial charge is 0.456 e. The Morgan fingerprint density at radius 2 is 1.41 bits per heavy atom. The van der Waals surface area contributed by atoms with Crippen LogP contribution >= 0.6 is 0 Å². The minimum absolute atomic E-state index is 0.0503. The zero-order chi connectivity index (χ0) is 39.1. The van der Waals surface area contributed by atoms with Crippen molar-refractivity contribution in [1.82, 2.24) is 0 Å². The van der Waals surface area contributed by atoms with Gasteiger partial charge in [0.1, 0.15) is 17.4 Å². The van der Waals surface area contributed by atoms with Gasteiger partial charge in [0.15, 0.2) is 0 Å². The van der Waals surface area contributed by atoms with Crippen LogP contribution in [0.5, 0.6) is 0 Å². The molecule has 5 aromatic carbocycles. The molecule has 2 aliphatic heterocycles. The Hall–Kier alpha value is -6.57. The Kier molecular flexibility index (Phi) is 6.66. The van der Waals surface area contributed by atoms with Crippen LogP contribution in [0, 0.1) is 16.7 Å². The summed E-state index contributed by atoms with van der Waals surface area (Å²) in [5.74, 6) is 1.09. The maximum Gasteiger partial charge on any atom is 0.135 e. The molecular weight excluding hydrogens is 707 g/mol. The van der Waals surface area contributed by atoms with Crippen LogP contribution in [0.15, 0.2) is 172 Å². The molecule has 0 bridgehead atoms. The van der Waals surface area contributed by atoms with E-state index in [2.05, 4.69) is 189 Å². The molecule has 6 aliphatic rings. The van der Waals surface area contributed by atoms with E-state index < -0.39 is 11.1 Å². The summed E-state index contributed by atoms with van der Waals surface area (Å²) >= 11 is 0. The number of nitrogens with zero attached hydrogens (tertiary/aromatic N) is 3. The molecule has 6 aromatic rings. The van der Waals surface area contributed by atoms with Gasteiger partial charge in [-0.05, 0) is 90.9 Å². The summed E-state index contributed by atoms with van der Waals surface area (Å²) in [4.78, 5) is 5.07. The Morgan fingerprint density at radius 1 is 0.707 bits per heavy atom. The van der Waals surface area contributed by atoms with Gasteiger partial charge in [-0.15, -0.1) is 0 Å². The second-order valence-corrected chi connectivity index (χ2v) is 17.8. The summed E-state index contributed by atoms with van der Waals surface area (Å²) in [5.41, 5.74) is 16.7.